The summed E-state index contributed by atoms with van der Waals surface area (Å²) in [7, 11) is 0. The minimum absolute atomic E-state index is 0.0514. The van der Waals surface area contributed by atoms with E-state index in [1.165, 1.54) is 0 Å². The number of nitrogens with zero attached hydrogens (tertiary/aromatic N) is 1. The fraction of sp³-hybridized carbons (Fsp3) is 0.364. The zero-order valence-corrected chi connectivity index (χ0v) is 8.86. The maximum Gasteiger partial charge on any atom is 0.126 e. The number of hydrogen-bond acceptors (Lipinski definition) is 4. The molecular formula is C11H14N2O2. The molecular weight excluding hydrogens is 192 g/mol. The monoisotopic (exact) mass is 206 g/mol. The van der Waals surface area contributed by atoms with Gasteiger partial charge in [-0.15, -0.1) is 0 Å². The Morgan fingerprint density at radius 1 is 1.47 bits per heavy atom. The highest BCUT2D eigenvalue weighted by Crippen LogP contribution is 2.22. The van der Waals surface area contributed by atoms with E-state index in [0.29, 0.717) is 11.3 Å². The molecule has 0 amide bonds. The topological polar surface area (TPSA) is 68.3 Å². The number of ether oxygens (including phenoxy) is 1. The molecule has 0 fully saturated rings. The largest absolute Gasteiger partial charge is 0.491 e. The number of hydrogen-bond donors (Lipinski definition) is 1. The molecule has 0 saturated heterocycles. The molecule has 2 N–H and O–H groups in total. The van der Waals surface area contributed by atoms with Gasteiger partial charge in [-0.3, -0.25) is 4.84 Å². The molecule has 0 spiro atoms. The van der Waals surface area contributed by atoms with Gasteiger partial charge in [-0.2, -0.15) is 5.26 Å². The Morgan fingerprint density at radius 2 is 2.20 bits per heavy atom. The molecule has 15 heavy (non-hydrogen) atoms. The Kier molecular flexibility index (Phi) is 4.10. The zero-order valence-electron chi connectivity index (χ0n) is 8.86. The Morgan fingerprint density at radius 3 is 2.73 bits per heavy atom. The van der Waals surface area contributed by atoms with Gasteiger partial charge in [0.1, 0.15) is 5.75 Å². The molecule has 0 aromatic heterocycles. The number of rotatable bonds is 4. The van der Waals surface area contributed by atoms with Crippen molar-refractivity contribution in [3.63, 3.8) is 0 Å². The second-order valence-electron chi connectivity index (χ2n) is 3.41. The highest BCUT2D eigenvalue weighted by atomic mass is 16.6. The van der Waals surface area contributed by atoms with E-state index >= 15 is 0 Å². The summed E-state index contributed by atoms with van der Waals surface area (Å²) in [5.74, 6) is 5.66. The van der Waals surface area contributed by atoms with Crippen LogP contribution in [0.15, 0.2) is 18.2 Å². The van der Waals surface area contributed by atoms with Gasteiger partial charge in [0.05, 0.1) is 24.3 Å². The van der Waals surface area contributed by atoms with Gasteiger partial charge < -0.3 is 4.74 Å². The molecule has 1 aromatic carbocycles. The van der Waals surface area contributed by atoms with E-state index in [0.717, 1.165) is 5.56 Å². The first kappa shape index (κ1) is 11.5. The van der Waals surface area contributed by atoms with Crippen molar-refractivity contribution in [3.8, 4) is 11.8 Å². The van der Waals surface area contributed by atoms with Crippen LogP contribution in [0.25, 0.3) is 0 Å². The standard InChI is InChI=1S/C11H14N2O2/c1-8(2)15-11-5-9(6-12)3-4-10(11)7-14-13/h3-5,8H,7,13H2,1-2H3. The van der Waals surface area contributed by atoms with Crippen molar-refractivity contribution < 1.29 is 9.57 Å². The predicted molar refractivity (Wildman–Crippen MR) is 55.9 cm³/mol. The molecule has 0 aliphatic carbocycles. The molecule has 1 aromatic rings. The van der Waals surface area contributed by atoms with Crippen molar-refractivity contribution in [1.82, 2.24) is 0 Å². The van der Waals surface area contributed by atoms with Gasteiger partial charge in [0.2, 0.25) is 0 Å². The van der Waals surface area contributed by atoms with Crippen molar-refractivity contribution >= 4 is 0 Å². The van der Waals surface area contributed by atoms with E-state index in [1.54, 1.807) is 18.2 Å². The van der Waals surface area contributed by atoms with Gasteiger partial charge in [-0.1, -0.05) is 6.07 Å². The van der Waals surface area contributed by atoms with Crippen LogP contribution in [0.4, 0.5) is 0 Å². The predicted octanol–water partition coefficient (Wildman–Crippen LogP) is 1.74. The van der Waals surface area contributed by atoms with Gasteiger partial charge in [-0.05, 0) is 26.0 Å². The lowest BCUT2D eigenvalue weighted by Crippen LogP contribution is -2.09. The van der Waals surface area contributed by atoms with Crippen LogP contribution in [0.2, 0.25) is 0 Å². The van der Waals surface area contributed by atoms with Crippen LogP contribution < -0.4 is 10.6 Å². The molecule has 4 heteroatoms. The normalized spacial score (nSPS) is 10.1. The molecule has 1 rings (SSSR count). The van der Waals surface area contributed by atoms with Crippen LogP contribution in [0.5, 0.6) is 5.75 Å². The third-order valence-electron chi connectivity index (χ3n) is 1.80. The van der Waals surface area contributed by atoms with E-state index in [4.69, 9.17) is 15.9 Å². The van der Waals surface area contributed by atoms with Crippen LogP contribution in [-0.2, 0) is 11.4 Å². The fourth-order valence-electron chi connectivity index (χ4n) is 1.20. The third-order valence-corrected chi connectivity index (χ3v) is 1.80. The lowest BCUT2D eigenvalue weighted by molar-refractivity contribution is 0.119. The third kappa shape index (κ3) is 3.24. The Labute approximate surface area is 89.2 Å². The first-order chi connectivity index (χ1) is 7.17. The Hall–Kier alpha value is -1.57. The summed E-state index contributed by atoms with van der Waals surface area (Å²) in [5.41, 5.74) is 1.40. The summed E-state index contributed by atoms with van der Waals surface area (Å²) in [4.78, 5) is 4.56. The van der Waals surface area contributed by atoms with Crippen LogP contribution in [0.3, 0.4) is 0 Å². The van der Waals surface area contributed by atoms with E-state index in [2.05, 4.69) is 10.9 Å². The van der Waals surface area contributed by atoms with Crippen molar-refractivity contribution in [3.05, 3.63) is 29.3 Å². The Balaban J connectivity index is 3.00. The average Bonchev–Trinajstić information content (AvgIpc) is 2.20. The molecule has 0 radical (unpaired) electrons. The highest BCUT2D eigenvalue weighted by molar-refractivity contribution is 5.42. The summed E-state index contributed by atoms with van der Waals surface area (Å²) in [6.45, 7) is 4.12. The van der Waals surface area contributed by atoms with Crippen molar-refractivity contribution in [2.75, 3.05) is 0 Å². The molecule has 0 saturated carbocycles. The molecule has 0 atom stereocenters. The summed E-state index contributed by atoms with van der Waals surface area (Å²) in [6.07, 6.45) is 0.0514. The number of nitriles is 1. The number of nitrogens with two attached hydrogens (primary N) is 1. The highest BCUT2D eigenvalue weighted by Gasteiger charge is 2.07. The van der Waals surface area contributed by atoms with Gasteiger partial charge >= 0.3 is 0 Å². The summed E-state index contributed by atoms with van der Waals surface area (Å²) < 4.78 is 5.55. The summed E-state index contributed by atoms with van der Waals surface area (Å²) >= 11 is 0. The van der Waals surface area contributed by atoms with Crippen LogP contribution in [-0.4, -0.2) is 6.10 Å². The second kappa shape index (κ2) is 5.35. The fourth-order valence-corrected chi connectivity index (χ4v) is 1.20. The van der Waals surface area contributed by atoms with Gasteiger partial charge in [0, 0.05) is 5.56 Å². The van der Waals surface area contributed by atoms with E-state index in [9.17, 15) is 0 Å². The molecule has 4 nitrogen and oxygen atoms in total. The number of benzene rings is 1. The Bertz CT molecular complexity index is 369. The van der Waals surface area contributed by atoms with Gasteiger partial charge in [0.15, 0.2) is 0 Å². The molecule has 0 aliphatic rings. The minimum Gasteiger partial charge on any atom is -0.491 e. The first-order valence-electron chi connectivity index (χ1n) is 4.68. The maximum absolute atomic E-state index is 8.76. The van der Waals surface area contributed by atoms with Crippen LogP contribution in [0.1, 0.15) is 25.0 Å². The summed E-state index contributed by atoms with van der Waals surface area (Å²) in [6, 6.07) is 7.24. The molecule has 80 valence electrons. The van der Waals surface area contributed by atoms with Crippen molar-refractivity contribution in [2.24, 2.45) is 5.90 Å². The molecule has 0 heterocycles. The SMILES string of the molecule is CC(C)Oc1cc(C#N)ccc1CON. The first-order valence-corrected chi connectivity index (χ1v) is 4.68. The lowest BCUT2D eigenvalue weighted by atomic mass is 10.1. The lowest BCUT2D eigenvalue weighted by Gasteiger charge is -2.13. The zero-order chi connectivity index (χ0) is 11.3. The average molecular weight is 206 g/mol. The van der Waals surface area contributed by atoms with E-state index in [1.807, 2.05) is 13.8 Å². The summed E-state index contributed by atoms with van der Waals surface area (Å²) in [5, 5.41) is 8.76. The van der Waals surface area contributed by atoms with Gasteiger partial charge in [0.25, 0.3) is 0 Å². The van der Waals surface area contributed by atoms with E-state index in [-0.39, 0.29) is 12.7 Å². The quantitative estimate of drug-likeness (QED) is 0.762. The van der Waals surface area contributed by atoms with Crippen LogP contribution >= 0.6 is 0 Å². The minimum atomic E-state index is 0.0514. The van der Waals surface area contributed by atoms with Gasteiger partial charge in [-0.25, -0.2) is 5.90 Å². The van der Waals surface area contributed by atoms with E-state index < -0.39 is 0 Å². The van der Waals surface area contributed by atoms with Crippen molar-refractivity contribution in [1.29, 1.82) is 5.26 Å². The molecule has 0 bridgehead atoms. The molecule has 0 aliphatic heterocycles. The second-order valence-corrected chi connectivity index (χ2v) is 3.41. The molecule has 0 unspecified atom stereocenters. The smallest absolute Gasteiger partial charge is 0.126 e. The maximum atomic E-state index is 8.76. The van der Waals surface area contributed by atoms with Crippen molar-refractivity contribution in [2.45, 2.75) is 26.6 Å². The van der Waals surface area contributed by atoms with Crippen LogP contribution in [0, 0.1) is 11.3 Å².